The van der Waals surface area contributed by atoms with Crippen LogP contribution in [0, 0.1) is 0 Å². The molecule has 9 nitrogen and oxygen atoms in total. The third-order valence-corrected chi connectivity index (χ3v) is 6.81. The van der Waals surface area contributed by atoms with Crippen LogP contribution in [0.1, 0.15) is 53.0 Å². The van der Waals surface area contributed by atoms with Crippen LogP contribution in [0.2, 0.25) is 0 Å². The first kappa shape index (κ1) is 22.9. The number of pyridine rings is 1. The predicted octanol–water partition coefficient (Wildman–Crippen LogP) is 3.10. The molecule has 0 aromatic carbocycles. The fourth-order valence-electron chi connectivity index (χ4n) is 4.60. The molecule has 1 fully saturated rings. The molecule has 1 saturated heterocycles. The molecule has 2 aromatic rings. The van der Waals surface area contributed by atoms with E-state index in [-0.39, 0.29) is 17.9 Å². The summed E-state index contributed by atoms with van der Waals surface area (Å²) in [6, 6.07) is 4.02. The number of nitrogens with one attached hydrogen (secondary N) is 1. The lowest BCUT2D eigenvalue weighted by Gasteiger charge is -2.35. The number of aromatic nitrogens is 3. The second-order valence-electron chi connectivity index (χ2n) is 9.22. The number of nitrogens with zero attached hydrogens (tertiary/aromatic N) is 6. The molecule has 0 spiro atoms. The van der Waals surface area contributed by atoms with Crippen molar-refractivity contribution < 1.29 is 9.59 Å². The number of amides is 2. The maximum atomic E-state index is 13.2. The Morgan fingerprint density at radius 1 is 1.09 bits per heavy atom. The van der Waals surface area contributed by atoms with Gasteiger partial charge in [-0.1, -0.05) is 13.8 Å². The van der Waals surface area contributed by atoms with Gasteiger partial charge in [0.05, 0.1) is 17.3 Å². The third-order valence-electron chi connectivity index (χ3n) is 6.81. The van der Waals surface area contributed by atoms with Gasteiger partial charge in [-0.3, -0.25) is 14.5 Å². The number of hydrogen-bond acceptors (Lipinski definition) is 7. The van der Waals surface area contributed by atoms with Gasteiger partial charge in [0.25, 0.3) is 0 Å². The zero-order chi connectivity index (χ0) is 23.8. The van der Waals surface area contributed by atoms with Gasteiger partial charge in [-0.05, 0) is 38.8 Å². The van der Waals surface area contributed by atoms with Crippen LogP contribution in [0.5, 0.6) is 0 Å². The van der Waals surface area contributed by atoms with E-state index in [0.29, 0.717) is 17.6 Å². The van der Waals surface area contributed by atoms with Crippen molar-refractivity contribution >= 4 is 35.1 Å². The van der Waals surface area contributed by atoms with Crippen LogP contribution >= 0.6 is 0 Å². The fourth-order valence-corrected chi connectivity index (χ4v) is 4.60. The Hall–Kier alpha value is -3.23. The topological polar surface area (TPSA) is 94.6 Å². The van der Waals surface area contributed by atoms with Crippen LogP contribution in [0.4, 0.5) is 23.3 Å². The van der Waals surface area contributed by atoms with Crippen molar-refractivity contribution in [3.63, 3.8) is 0 Å². The molecular weight excluding hydrogens is 418 g/mol. The minimum absolute atomic E-state index is 0.0741. The lowest BCUT2D eigenvalue weighted by Crippen LogP contribution is -2.48. The highest BCUT2D eigenvalue weighted by molar-refractivity contribution is 6.07. The molecule has 0 radical (unpaired) electrons. The molecule has 2 aliphatic heterocycles. The molecule has 33 heavy (non-hydrogen) atoms. The van der Waals surface area contributed by atoms with Gasteiger partial charge in [0.2, 0.25) is 17.8 Å². The van der Waals surface area contributed by atoms with Crippen LogP contribution in [0.3, 0.4) is 0 Å². The van der Waals surface area contributed by atoms with Gasteiger partial charge in [0.1, 0.15) is 11.6 Å². The van der Waals surface area contributed by atoms with E-state index in [0.717, 1.165) is 50.3 Å². The van der Waals surface area contributed by atoms with Crippen molar-refractivity contribution in [3.05, 3.63) is 30.1 Å². The highest BCUT2D eigenvalue weighted by atomic mass is 16.2. The molecule has 0 bridgehead atoms. The molecule has 0 unspecified atom stereocenters. The van der Waals surface area contributed by atoms with Gasteiger partial charge in [0.15, 0.2) is 0 Å². The predicted molar refractivity (Wildman–Crippen MR) is 129 cm³/mol. The maximum absolute atomic E-state index is 13.2. The Labute approximate surface area is 195 Å². The molecule has 2 amide bonds. The molecule has 2 aliphatic rings. The van der Waals surface area contributed by atoms with E-state index in [9.17, 15) is 9.59 Å². The fraction of sp³-hybridized carbons (Fsp3) is 0.542. The van der Waals surface area contributed by atoms with Crippen molar-refractivity contribution in [3.8, 4) is 0 Å². The van der Waals surface area contributed by atoms with Crippen LogP contribution in [0.15, 0.2) is 24.5 Å². The number of carbonyl (C=O) groups is 2. The standard InChI is InChI=1S/C24H33N7O2/c1-6-17(7-2)31-21-19(24(4,5)22(31)33)15-26-23(28-21)27-20-9-8-18(14-25-20)30-12-10-29(11-13-30)16(3)32/h8-9,14-15,17H,6-7,10-13H2,1-5H3,(H,25,26,27,28). The molecule has 176 valence electrons. The number of hydrogen-bond donors (Lipinski definition) is 1. The summed E-state index contributed by atoms with van der Waals surface area (Å²) in [4.78, 5) is 44.3. The van der Waals surface area contributed by atoms with Crippen molar-refractivity contribution in [1.82, 2.24) is 19.9 Å². The van der Waals surface area contributed by atoms with Crippen LogP contribution in [-0.4, -0.2) is 63.9 Å². The normalized spacial score (nSPS) is 17.5. The lowest BCUT2D eigenvalue weighted by molar-refractivity contribution is -0.129. The van der Waals surface area contributed by atoms with E-state index < -0.39 is 5.41 Å². The Kier molecular flexibility index (Phi) is 6.23. The monoisotopic (exact) mass is 451 g/mol. The van der Waals surface area contributed by atoms with E-state index >= 15 is 0 Å². The SMILES string of the molecule is CCC(CC)N1C(=O)C(C)(C)c2cnc(Nc3ccc(N4CCN(C(C)=O)CC4)cn3)nc21. The summed E-state index contributed by atoms with van der Waals surface area (Å²) in [6.45, 7) is 12.7. The first-order valence-electron chi connectivity index (χ1n) is 11.7. The van der Waals surface area contributed by atoms with Gasteiger partial charge in [0, 0.05) is 50.9 Å². The molecule has 4 rings (SSSR count). The van der Waals surface area contributed by atoms with E-state index in [4.69, 9.17) is 4.98 Å². The molecule has 0 atom stereocenters. The zero-order valence-electron chi connectivity index (χ0n) is 20.1. The number of anilines is 4. The average molecular weight is 452 g/mol. The van der Waals surface area contributed by atoms with E-state index in [1.54, 1.807) is 13.1 Å². The molecule has 1 N–H and O–H groups in total. The molecule has 0 aliphatic carbocycles. The van der Waals surface area contributed by atoms with Gasteiger partial charge in [-0.15, -0.1) is 0 Å². The summed E-state index contributed by atoms with van der Waals surface area (Å²) >= 11 is 0. The summed E-state index contributed by atoms with van der Waals surface area (Å²) in [6.07, 6.45) is 5.32. The highest BCUT2D eigenvalue weighted by Crippen LogP contribution is 2.42. The number of fused-ring (bicyclic) bond motifs is 1. The minimum Gasteiger partial charge on any atom is -0.367 e. The molecule has 9 heteroatoms. The Morgan fingerprint density at radius 2 is 1.79 bits per heavy atom. The highest BCUT2D eigenvalue weighted by Gasteiger charge is 2.47. The molecular formula is C24H33N7O2. The summed E-state index contributed by atoms with van der Waals surface area (Å²) in [5, 5.41) is 3.18. The summed E-state index contributed by atoms with van der Waals surface area (Å²) in [5.74, 6) is 1.94. The van der Waals surface area contributed by atoms with Crippen molar-refractivity contribution in [2.75, 3.05) is 41.3 Å². The van der Waals surface area contributed by atoms with Crippen LogP contribution < -0.4 is 15.1 Å². The average Bonchev–Trinajstić information content (AvgIpc) is 3.01. The maximum Gasteiger partial charge on any atom is 0.238 e. The molecule has 0 saturated carbocycles. The van der Waals surface area contributed by atoms with Crippen LogP contribution in [-0.2, 0) is 15.0 Å². The van der Waals surface area contributed by atoms with E-state index in [1.165, 1.54) is 0 Å². The Balaban J connectivity index is 1.50. The Morgan fingerprint density at radius 3 is 2.36 bits per heavy atom. The van der Waals surface area contributed by atoms with Crippen LogP contribution in [0.25, 0.3) is 0 Å². The Bertz CT molecular complexity index is 1030. The first-order chi connectivity index (χ1) is 15.8. The van der Waals surface area contributed by atoms with Gasteiger partial charge in [-0.25, -0.2) is 9.97 Å². The second-order valence-corrected chi connectivity index (χ2v) is 9.22. The van der Waals surface area contributed by atoms with Crippen molar-refractivity contribution in [1.29, 1.82) is 0 Å². The largest absolute Gasteiger partial charge is 0.367 e. The van der Waals surface area contributed by atoms with E-state index in [2.05, 4.69) is 34.0 Å². The summed E-state index contributed by atoms with van der Waals surface area (Å²) in [5.41, 5.74) is 1.24. The minimum atomic E-state index is -0.636. The van der Waals surface area contributed by atoms with Crippen molar-refractivity contribution in [2.45, 2.75) is 58.9 Å². The summed E-state index contributed by atoms with van der Waals surface area (Å²) < 4.78 is 0. The van der Waals surface area contributed by atoms with Gasteiger partial charge < -0.3 is 15.1 Å². The third kappa shape index (κ3) is 4.24. The zero-order valence-corrected chi connectivity index (χ0v) is 20.1. The van der Waals surface area contributed by atoms with Crippen molar-refractivity contribution in [2.24, 2.45) is 0 Å². The van der Waals surface area contributed by atoms with Gasteiger partial charge >= 0.3 is 0 Å². The molecule has 2 aromatic heterocycles. The second kappa shape index (κ2) is 8.96. The number of rotatable bonds is 6. The summed E-state index contributed by atoms with van der Waals surface area (Å²) in [7, 11) is 0. The number of carbonyl (C=O) groups excluding carboxylic acids is 2. The quantitative estimate of drug-likeness (QED) is 0.721. The molecule has 4 heterocycles. The smallest absolute Gasteiger partial charge is 0.238 e. The lowest BCUT2D eigenvalue weighted by atomic mass is 9.88. The first-order valence-corrected chi connectivity index (χ1v) is 11.7. The number of piperazine rings is 1. The van der Waals surface area contributed by atoms with E-state index in [1.807, 2.05) is 42.0 Å². The van der Waals surface area contributed by atoms with Gasteiger partial charge in [-0.2, -0.15) is 4.98 Å².